The largest absolute Gasteiger partial charge is 0.368 e. The Labute approximate surface area is 110 Å². The number of anilines is 1. The van der Waals surface area contributed by atoms with Gasteiger partial charge in [-0.1, -0.05) is 0 Å². The quantitative estimate of drug-likeness (QED) is 0.643. The van der Waals surface area contributed by atoms with E-state index < -0.39 is 11.9 Å². The first-order valence-corrected chi connectivity index (χ1v) is 6.53. The van der Waals surface area contributed by atoms with E-state index in [9.17, 15) is 9.59 Å². The molecule has 1 aromatic rings. The molecule has 102 valence electrons. The van der Waals surface area contributed by atoms with E-state index in [4.69, 9.17) is 5.73 Å². The number of primary amides is 1. The van der Waals surface area contributed by atoms with Crippen molar-refractivity contribution in [1.29, 1.82) is 0 Å². The van der Waals surface area contributed by atoms with Gasteiger partial charge in [0.1, 0.15) is 17.7 Å². The molecule has 0 aromatic carbocycles. The minimum atomic E-state index is -0.449. The van der Waals surface area contributed by atoms with Crippen molar-refractivity contribution in [3.63, 3.8) is 0 Å². The van der Waals surface area contributed by atoms with Gasteiger partial charge in [-0.25, -0.2) is 4.98 Å². The van der Waals surface area contributed by atoms with Crippen LogP contribution in [0.3, 0.4) is 0 Å². The highest BCUT2D eigenvalue weighted by molar-refractivity contribution is 5.83. The summed E-state index contributed by atoms with van der Waals surface area (Å²) in [7, 11) is 0. The maximum atomic E-state index is 11.7. The molecular formula is C12H17N5O2. The van der Waals surface area contributed by atoms with Crippen molar-refractivity contribution >= 4 is 11.7 Å². The molecule has 2 heterocycles. The first-order valence-electron chi connectivity index (χ1n) is 6.53. The van der Waals surface area contributed by atoms with Crippen molar-refractivity contribution in [2.75, 3.05) is 24.5 Å². The number of aromatic nitrogens is 2. The highest BCUT2D eigenvalue weighted by Gasteiger charge is 2.30. The Morgan fingerprint density at radius 2 is 2.26 bits per heavy atom. The van der Waals surface area contributed by atoms with Gasteiger partial charge in [0.25, 0.3) is 5.56 Å². The number of nitrogens with two attached hydrogens (primary N) is 1. The third kappa shape index (κ3) is 2.46. The normalized spacial score (nSPS) is 23.4. The van der Waals surface area contributed by atoms with E-state index >= 15 is 0 Å². The summed E-state index contributed by atoms with van der Waals surface area (Å²) in [6, 6.07) is 0.989. The maximum absolute atomic E-state index is 11.7. The fraction of sp³-hybridized carbons (Fsp3) is 0.583. The molecule has 4 N–H and O–H groups in total. The second-order valence-electron chi connectivity index (χ2n) is 5.08. The van der Waals surface area contributed by atoms with Gasteiger partial charge in [0.05, 0.1) is 0 Å². The zero-order valence-corrected chi connectivity index (χ0v) is 10.6. The summed E-state index contributed by atoms with van der Waals surface area (Å²) in [6.07, 6.45) is 2.13. The number of aromatic amines is 1. The Morgan fingerprint density at radius 3 is 2.95 bits per heavy atom. The van der Waals surface area contributed by atoms with Crippen LogP contribution in [0.1, 0.15) is 24.6 Å². The highest BCUT2D eigenvalue weighted by Crippen LogP contribution is 2.38. The van der Waals surface area contributed by atoms with Gasteiger partial charge in [0.2, 0.25) is 5.91 Å². The molecule has 1 amide bonds. The standard InChI is InChI=1S/C12H17N5O2/c13-11(19)8-6-14-3-4-17(8)9-5-10(18)16-12(15-9)7-1-2-7/h5,7-8,14H,1-4,6H2,(H2,13,19)(H,15,16,18). The third-order valence-corrected chi connectivity index (χ3v) is 3.58. The van der Waals surface area contributed by atoms with Crippen LogP contribution < -0.4 is 21.5 Å². The molecule has 1 unspecified atom stereocenters. The van der Waals surface area contributed by atoms with E-state index in [1.807, 2.05) is 4.90 Å². The molecule has 2 fully saturated rings. The molecule has 7 heteroatoms. The molecule has 1 atom stereocenters. The van der Waals surface area contributed by atoms with Gasteiger partial charge in [0.15, 0.2) is 0 Å². The Morgan fingerprint density at radius 1 is 1.47 bits per heavy atom. The van der Waals surface area contributed by atoms with E-state index in [1.165, 1.54) is 6.07 Å². The monoisotopic (exact) mass is 263 g/mol. The zero-order chi connectivity index (χ0) is 13.4. The average molecular weight is 263 g/mol. The van der Waals surface area contributed by atoms with Crippen LogP contribution in [0.25, 0.3) is 0 Å². The zero-order valence-electron chi connectivity index (χ0n) is 10.6. The molecule has 1 saturated heterocycles. The number of nitrogens with zero attached hydrogens (tertiary/aromatic N) is 2. The van der Waals surface area contributed by atoms with Crippen LogP contribution in [0, 0.1) is 0 Å². The fourth-order valence-electron chi connectivity index (χ4n) is 2.39. The predicted molar refractivity (Wildman–Crippen MR) is 70.0 cm³/mol. The summed E-state index contributed by atoms with van der Waals surface area (Å²) >= 11 is 0. The lowest BCUT2D eigenvalue weighted by Gasteiger charge is -2.35. The van der Waals surface area contributed by atoms with Crippen molar-refractivity contribution in [2.45, 2.75) is 24.8 Å². The molecule has 3 rings (SSSR count). The Kier molecular flexibility index (Phi) is 2.98. The van der Waals surface area contributed by atoms with Crippen molar-refractivity contribution in [2.24, 2.45) is 5.73 Å². The average Bonchev–Trinajstić information content (AvgIpc) is 3.22. The smallest absolute Gasteiger partial charge is 0.252 e. The highest BCUT2D eigenvalue weighted by atomic mass is 16.1. The first-order chi connectivity index (χ1) is 9.15. The lowest BCUT2D eigenvalue weighted by Crippen LogP contribution is -2.57. The summed E-state index contributed by atoms with van der Waals surface area (Å²) in [5, 5.41) is 3.12. The summed E-state index contributed by atoms with van der Waals surface area (Å²) in [4.78, 5) is 32.3. The summed E-state index contributed by atoms with van der Waals surface area (Å²) in [5.74, 6) is 1.24. The number of H-pyrrole nitrogens is 1. The summed E-state index contributed by atoms with van der Waals surface area (Å²) in [6.45, 7) is 1.85. The molecule has 1 saturated carbocycles. The molecule has 7 nitrogen and oxygen atoms in total. The summed E-state index contributed by atoms with van der Waals surface area (Å²) in [5.41, 5.74) is 5.24. The number of hydrogen-bond acceptors (Lipinski definition) is 5. The molecule has 2 aliphatic rings. The maximum Gasteiger partial charge on any atom is 0.252 e. The number of carbonyl (C=O) groups excluding carboxylic acids is 1. The van der Waals surface area contributed by atoms with E-state index in [-0.39, 0.29) is 5.56 Å². The van der Waals surface area contributed by atoms with Gasteiger partial charge in [-0.2, -0.15) is 0 Å². The molecule has 1 aliphatic carbocycles. The van der Waals surface area contributed by atoms with Gasteiger partial charge >= 0.3 is 0 Å². The first kappa shape index (κ1) is 12.2. The van der Waals surface area contributed by atoms with Gasteiger partial charge in [-0.3, -0.25) is 9.59 Å². The van der Waals surface area contributed by atoms with Gasteiger partial charge in [0, 0.05) is 31.6 Å². The minimum Gasteiger partial charge on any atom is -0.368 e. The number of rotatable bonds is 3. The van der Waals surface area contributed by atoms with Crippen LogP contribution in [0.2, 0.25) is 0 Å². The molecule has 0 radical (unpaired) electrons. The van der Waals surface area contributed by atoms with Gasteiger partial charge in [-0.05, 0) is 12.8 Å². The van der Waals surface area contributed by atoms with Crippen LogP contribution in [0.15, 0.2) is 10.9 Å². The van der Waals surface area contributed by atoms with E-state index in [0.717, 1.165) is 25.2 Å². The Hall–Kier alpha value is -1.89. The number of carbonyl (C=O) groups is 1. The SMILES string of the molecule is NC(=O)C1CNCCN1c1cc(=O)[nH]c(C2CC2)n1. The Bertz CT molecular complexity index is 551. The lowest BCUT2D eigenvalue weighted by atomic mass is 10.2. The minimum absolute atomic E-state index is 0.173. The van der Waals surface area contributed by atoms with Crippen LogP contribution in [-0.2, 0) is 4.79 Å². The van der Waals surface area contributed by atoms with Crippen molar-refractivity contribution in [3.05, 3.63) is 22.2 Å². The molecule has 19 heavy (non-hydrogen) atoms. The topological polar surface area (TPSA) is 104 Å². The van der Waals surface area contributed by atoms with Crippen molar-refractivity contribution < 1.29 is 4.79 Å². The van der Waals surface area contributed by atoms with Crippen LogP contribution in [-0.4, -0.2) is 41.6 Å². The van der Waals surface area contributed by atoms with E-state index in [1.54, 1.807) is 0 Å². The predicted octanol–water partition coefficient (Wildman–Crippen LogP) is -1.09. The molecular weight excluding hydrogens is 246 g/mol. The fourth-order valence-corrected chi connectivity index (χ4v) is 2.39. The van der Waals surface area contributed by atoms with Crippen molar-refractivity contribution in [3.8, 4) is 0 Å². The van der Waals surface area contributed by atoms with Crippen LogP contribution >= 0.6 is 0 Å². The molecule has 1 aromatic heterocycles. The molecule has 1 aliphatic heterocycles. The van der Waals surface area contributed by atoms with Crippen LogP contribution in [0.5, 0.6) is 0 Å². The third-order valence-electron chi connectivity index (χ3n) is 3.58. The molecule has 0 spiro atoms. The van der Waals surface area contributed by atoms with Crippen molar-refractivity contribution in [1.82, 2.24) is 15.3 Å². The number of hydrogen-bond donors (Lipinski definition) is 3. The Balaban J connectivity index is 1.94. The second-order valence-corrected chi connectivity index (χ2v) is 5.08. The van der Waals surface area contributed by atoms with E-state index in [2.05, 4.69) is 15.3 Å². The number of amides is 1. The van der Waals surface area contributed by atoms with Gasteiger partial charge < -0.3 is 20.9 Å². The molecule has 0 bridgehead atoms. The van der Waals surface area contributed by atoms with Crippen LogP contribution in [0.4, 0.5) is 5.82 Å². The number of piperazine rings is 1. The second kappa shape index (κ2) is 4.65. The lowest BCUT2D eigenvalue weighted by molar-refractivity contribution is -0.119. The number of nitrogens with one attached hydrogen (secondary N) is 2. The summed E-state index contributed by atoms with van der Waals surface area (Å²) < 4.78 is 0. The van der Waals surface area contributed by atoms with Gasteiger partial charge in [-0.15, -0.1) is 0 Å². The van der Waals surface area contributed by atoms with E-state index in [0.29, 0.717) is 24.8 Å².